The molecule has 2 rings (SSSR count). The predicted octanol–water partition coefficient (Wildman–Crippen LogP) is 2.27. The van der Waals surface area contributed by atoms with Crippen LogP contribution in [0.3, 0.4) is 0 Å². The lowest BCUT2D eigenvalue weighted by atomic mass is 10.4. The third-order valence-corrected chi connectivity index (χ3v) is 6.26. The molecule has 22 heavy (non-hydrogen) atoms. The van der Waals surface area contributed by atoms with Gasteiger partial charge in [-0.05, 0) is 12.1 Å². The van der Waals surface area contributed by atoms with Crippen LogP contribution in [0.1, 0.15) is 0 Å². The molecule has 0 spiro atoms. The van der Waals surface area contributed by atoms with Crippen molar-refractivity contribution in [1.82, 2.24) is 9.21 Å². The van der Waals surface area contributed by atoms with Gasteiger partial charge in [0.15, 0.2) is 5.96 Å². The zero-order valence-electron chi connectivity index (χ0n) is 11.2. The molecule has 11 heteroatoms. The van der Waals surface area contributed by atoms with Crippen molar-refractivity contribution in [3.8, 4) is 0 Å². The smallest absolute Gasteiger partial charge is 0.244 e. The van der Waals surface area contributed by atoms with Crippen molar-refractivity contribution in [2.75, 3.05) is 26.2 Å². The molecule has 1 aromatic carbocycles. The number of rotatable bonds is 2. The van der Waals surface area contributed by atoms with E-state index in [2.05, 4.69) is 0 Å². The summed E-state index contributed by atoms with van der Waals surface area (Å²) < 4.78 is 26.5. The molecule has 0 aromatic heterocycles. The highest BCUT2D eigenvalue weighted by atomic mass is 35.5. The van der Waals surface area contributed by atoms with Crippen molar-refractivity contribution in [2.45, 2.75) is 4.90 Å². The third kappa shape index (κ3) is 3.90. The van der Waals surface area contributed by atoms with Gasteiger partial charge in [-0.2, -0.15) is 4.31 Å². The van der Waals surface area contributed by atoms with E-state index in [0.717, 1.165) is 0 Å². The predicted molar refractivity (Wildman–Crippen MR) is 91.0 cm³/mol. The van der Waals surface area contributed by atoms with Crippen molar-refractivity contribution in [3.05, 3.63) is 27.2 Å². The van der Waals surface area contributed by atoms with Gasteiger partial charge in [0.25, 0.3) is 0 Å². The molecule has 0 bridgehead atoms. The largest absolute Gasteiger partial charge is 0.370 e. The number of nitrogens with zero attached hydrogens (tertiary/aromatic N) is 2. The van der Waals surface area contributed by atoms with Crippen LogP contribution in [0.4, 0.5) is 0 Å². The summed E-state index contributed by atoms with van der Waals surface area (Å²) in [6.45, 7) is 1.15. The first-order valence-electron chi connectivity index (χ1n) is 5.97. The number of halogens is 4. The van der Waals surface area contributed by atoms with E-state index in [9.17, 15) is 8.42 Å². The lowest BCUT2D eigenvalue weighted by Crippen LogP contribution is -2.52. The average Bonchev–Trinajstić information content (AvgIpc) is 2.42. The third-order valence-electron chi connectivity index (χ3n) is 3.17. The van der Waals surface area contributed by atoms with Crippen LogP contribution in [-0.4, -0.2) is 49.8 Å². The summed E-state index contributed by atoms with van der Waals surface area (Å²) in [7, 11) is -3.76. The standard InChI is InChI=1S/C11H13Cl3N4O2S.ClH/c12-7-5-9(14)10(6-8(7)13)21(19,20)18-3-1-17(2-4-18)11(15)16;/h5-6H,1-4H2,(H3,15,16);1H. The van der Waals surface area contributed by atoms with E-state index in [1.807, 2.05) is 0 Å². The number of hydrogen-bond donors (Lipinski definition) is 2. The van der Waals surface area contributed by atoms with Gasteiger partial charge in [0.2, 0.25) is 10.0 Å². The minimum Gasteiger partial charge on any atom is -0.370 e. The van der Waals surface area contributed by atoms with E-state index >= 15 is 0 Å². The normalized spacial score (nSPS) is 16.2. The van der Waals surface area contributed by atoms with Gasteiger partial charge < -0.3 is 10.6 Å². The topological polar surface area (TPSA) is 90.5 Å². The molecule has 0 amide bonds. The highest BCUT2D eigenvalue weighted by molar-refractivity contribution is 7.89. The second kappa shape index (κ2) is 7.42. The Bertz CT molecular complexity index is 675. The zero-order valence-corrected chi connectivity index (χ0v) is 15.1. The Morgan fingerprint density at radius 2 is 1.55 bits per heavy atom. The summed E-state index contributed by atoms with van der Waals surface area (Å²) >= 11 is 17.6. The van der Waals surface area contributed by atoms with Crippen molar-refractivity contribution < 1.29 is 8.42 Å². The summed E-state index contributed by atoms with van der Waals surface area (Å²) in [5.74, 6) is -0.0698. The van der Waals surface area contributed by atoms with Crippen molar-refractivity contribution in [2.24, 2.45) is 5.73 Å². The van der Waals surface area contributed by atoms with Crippen molar-refractivity contribution >= 4 is 63.2 Å². The van der Waals surface area contributed by atoms with Gasteiger partial charge in [0.1, 0.15) is 4.90 Å². The molecule has 1 saturated heterocycles. The number of sulfonamides is 1. The van der Waals surface area contributed by atoms with E-state index in [0.29, 0.717) is 13.1 Å². The molecule has 1 heterocycles. The molecule has 1 aliphatic rings. The van der Waals surface area contributed by atoms with Crippen LogP contribution >= 0.6 is 47.2 Å². The number of piperazine rings is 1. The SMILES string of the molecule is Cl.N=C(N)N1CCN(S(=O)(=O)c2cc(Cl)c(Cl)cc2Cl)CC1. The van der Waals surface area contributed by atoms with Crippen LogP contribution in [0.15, 0.2) is 17.0 Å². The molecule has 0 radical (unpaired) electrons. The molecule has 3 N–H and O–H groups in total. The minimum atomic E-state index is -3.76. The summed E-state index contributed by atoms with van der Waals surface area (Å²) in [4.78, 5) is 1.53. The highest BCUT2D eigenvalue weighted by Crippen LogP contribution is 2.33. The molecule has 1 aromatic rings. The maximum atomic E-state index is 12.6. The number of benzene rings is 1. The van der Waals surface area contributed by atoms with E-state index < -0.39 is 10.0 Å². The van der Waals surface area contributed by atoms with Crippen LogP contribution < -0.4 is 5.73 Å². The zero-order chi connectivity index (χ0) is 15.8. The molecular weight excluding hydrogens is 394 g/mol. The van der Waals surface area contributed by atoms with Gasteiger partial charge in [-0.1, -0.05) is 34.8 Å². The molecule has 1 fully saturated rings. The molecule has 0 atom stereocenters. The molecule has 6 nitrogen and oxygen atoms in total. The summed E-state index contributed by atoms with van der Waals surface area (Å²) in [5, 5.41) is 7.69. The van der Waals surface area contributed by atoms with Crippen LogP contribution in [0.5, 0.6) is 0 Å². The van der Waals surface area contributed by atoms with Gasteiger partial charge in [0.05, 0.1) is 15.1 Å². The maximum absolute atomic E-state index is 12.6. The Morgan fingerprint density at radius 1 is 1.05 bits per heavy atom. The lowest BCUT2D eigenvalue weighted by molar-refractivity contribution is 0.263. The number of guanidine groups is 1. The van der Waals surface area contributed by atoms with Gasteiger partial charge in [-0.25, -0.2) is 8.42 Å². The molecule has 0 saturated carbocycles. The number of nitrogens with two attached hydrogens (primary N) is 1. The quantitative estimate of drug-likeness (QED) is 0.447. The summed E-state index contributed by atoms with van der Waals surface area (Å²) in [5.41, 5.74) is 5.38. The Hall–Kier alpha value is -0.440. The first-order valence-corrected chi connectivity index (χ1v) is 8.54. The molecule has 0 unspecified atom stereocenters. The van der Waals surface area contributed by atoms with E-state index in [-0.39, 0.29) is 51.4 Å². The first-order chi connectivity index (χ1) is 9.73. The van der Waals surface area contributed by atoms with Crippen LogP contribution in [0, 0.1) is 5.41 Å². The van der Waals surface area contributed by atoms with Crippen molar-refractivity contribution in [3.63, 3.8) is 0 Å². The van der Waals surface area contributed by atoms with Crippen LogP contribution in [0.2, 0.25) is 15.1 Å². The Morgan fingerprint density at radius 3 is 2.05 bits per heavy atom. The van der Waals surface area contributed by atoms with Gasteiger partial charge in [-0.3, -0.25) is 5.41 Å². The maximum Gasteiger partial charge on any atom is 0.244 e. The van der Waals surface area contributed by atoms with E-state index in [1.165, 1.54) is 16.4 Å². The number of nitrogens with one attached hydrogen (secondary N) is 1. The van der Waals surface area contributed by atoms with Crippen LogP contribution in [-0.2, 0) is 10.0 Å². The monoisotopic (exact) mass is 406 g/mol. The van der Waals surface area contributed by atoms with Crippen LogP contribution in [0.25, 0.3) is 0 Å². The number of hydrogen-bond acceptors (Lipinski definition) is 3. The van der Waals surface area contributed by atoms with Crippen molar-refractivity contribution in [1.29, 1.82) is 5.41 Å². The van der Waals surface area contributed by atoms with Gasteiger partial charge >= 0.3 is 0 Å². The molecular formula is C11H14Cl4N4O2S. The summed E-state index contributed by atoms with van der Waals surface area (Å²) in [6.07, 6.45) is 0. The highest BCUT2D eigenvalue weighted by Gasteiger charge is 2.31. The van der Waals surface area contributed by atoms with E-state index in [1.54, 1.807) is 4.90 Å². The first kappa shape index (κ1) is 19.6. The summed E-state index contributed by atoms with van der Waals surface area (Å²) in [6, 6.07) is 2.56. The molecule has 0 aliphatic carbocycles. The Labute approximate surface area is 150 Å². The van der Waals surface area contributed by atoms with Gasteiger partial charge in [-0.15, -0.1) is 12.4 Å². The molecule has 124 valence electrons. The second-order valence-electron chi connectivity index (χ2n) is 4.47. The average molecular weight is 408 g/mol. The molecule has 1 aliphatic heterocycles. The van der Waals surface area contributed by atoms with E-state index in [4.69, 9.17) is 45.9 Å². The fourth-order valence-corrected chi connectivity index (χ4v) is 4.41. The Balaban J connectivity index is 0.00000242. The lowest BCUT2D eigenvalue weighted by Gasteiger charge is -2.34. The van der Waals surface area contributed by atoms with Gasteiger partial charge in [0, 0.05) is 26.2 Å². The fourth-order valence-electron chi connectivity index (χ4n) is 2.01. The fraction of sp³-hybridized carbons (Fsp3) is 0.364. The second-order valence-corrected chi connectivity index (χ2v) is 7.60. The minimum absolute atomic E-state index is 0. The Kier molecular flexibility index (Phi) is 6.61.